The monoisotopic (exact) mass is 316 g/mol. The lowest BCUT2D eigenvalue weighted by Gasteiger charge is -2.11. The summed E-state index contributed by atoms with van der Waals surface area (Å²) in [6.45, 7) is 0.456. The molecule has 0 aliphatic heterocycles. The van der Waals surface area contributed by atoms with Gasteiger partial charge in [-0.1, -0.05) is 24.3 Å². The highest BCUT2D eigenvalue weighted by molar-refractivity contribution is 5.67. The fourth-order valence-electron chi connectivity index (χ4n) is 2.31. The van der Waals surface area contributed by atoms with Crippen LogP contribution >= 0.6 is 0 Å². The summed E-state index contributed by atoms with van der Waals surface area (Å²) in [5.41, 5.74) is 3.27. The summed E-state index contributed by atoms with van der Waals surface area (Å²) < 4.78 is 11.1. The van der Waals surface area contributed by atoms with Crippen molar-refractivity contribution in [3.63, 3.8) is 0 Å². The Hall–Kier alpha value is -3.32. The van der Waals surface area contributed by atoms with Crippen molar-refractivity contribution in [2.24, 2.45) is 0 Å². The maximum absolute atomic E-state index is 8.88. The number of hydrogen-bond donors (Lipinski definition) is 0. The van der Waals surface area contributed by atoms with E-state index >= 15 is 0 Å². The van der Waals surface area contributed by atoms with Gasteiger partial charge in [-0.3, -0.25) is 4.98 Å². The van der Waals surface area contributed by atoms with E-state index in [1.807, 2.05) is 54.6 Å². The van der Waals surface area contributed by atoms with E-state index in [0.717, 1.165) is 28.3 Å². The zero-order chi connectivity index (χ0) is 16.8. The van der Waals surface area contributed by atoms with Crippen LogP contribution in [0.25, 0.3) is 11.3 Å². The lowest BCUT2D eigenvalue weighted by atomic mass is 10.1. The molecule has 118 valence electrons. The van der Waals surface area contributed by atoms with Crippen LogP contribution in [0.1, 0.15) is 11.1 Å². The van der Waals surface area contributed by atoms with Gasteiger partial charge in [0.2, 0.25) is 0 Å². The van der Waals surface area contributed by atoms with Gasteiger partial charge < -0.3 is 9.47 Å². The van der Waals surface area contributed by atoms with Crippen LogP contribution in [0.4, 0.5) is 0 Å². The highest BCUT2D eigenvalue weighted by atomic mass is 16.5. The Bertz CT molecular complexity index is 850. The Labute approximate surface area is 140 Å². The third-order valence-corrected chi connectivity index (χ3v) is 3.61. The van der Waals surface area contributed by atoms with Gasteiger partial charge in [0.15, 0.2) is 0 Å². The SMILES string of the molecule is COc1ccc(COc2ccccc2-c2ccc(C#N)cn2)cc1. The molecule has 24 heavy (non-hydrogen) atoms. The van der Waals surface area contributed by atoms with E-state index in [-0.39, 0.29) is 0 Å². The number of hydrogen-bond acceptors (Lipinski definition) is 4. The molecule has 0 aliphatic carbocycles. The third kappa shape index (κ3) is 3.53. The van der Waals surface area contributed by atoms with E-state index in [4.69, 9.17) is 14.7 Å². The number of ether oxygens (including phenoxy) is 2. The van der Waals surface area contributed by atoms with Gasteiger partial charge in [0.1, 0.15) is 24.2 Å². The Balaban J connectivity index is 1.79. The molecule has 0 radical (unpaired) electrons. The van der Waals surface area contributed by atoms with E-state index in [2.05, 4.69) is 11.1 Å². The van der Waals surface area contributed by atoms with Crippen molar-refractivity contribution < 1.29 is 9.47 Å². The highest BCUT2D eigenvalue weighted by Crippen LogP contribution is 2.29. The van der Waals surface area contributed by atoms with Gasteiger partial charge in [-0.25, -0.2) is 0 Å². The summed E-state index contributed by atoms with van der Waals surface area (Å²) >= 11 is 0. The molecule has 0 N–H and O–H groups in total. The number of nitriles is 1. The predicted octanol–water partition coefficient (Wildman–Crippen LogP) is 4.21. The van der Waals surface area contributed by atoms with Crippen molar-refractivity contribution >= 4 is 0 Å². The molecule has 0 aliphatic rings. The summed E-state index contributed by atoms with van der Waals surface area (Å²) in [4.78, 5) is 4.34. The molecule has 0 atom stereocenters. The minimum Gasteiger partial charge on any atom is -0.497 e. The number of methoxy groups -OCH3 is 1. The summed E-state index contributed by atoms with van der Waals surface area (Å²) in [6.07, 6.45) is 1.57. The fraction of sp³-hybridized carbons (Fsp3) is 0.100. The summed E-state index contributed by atoms with van der Waals surface area (Å²) in [5.74, 6) is 1.58. The summed E-state index contributed by atoms with van der Waals surface area (Å²) in [6, 6.07) is 21.2. The van der Waals surface area contributed by atoms with Crippen molar-refractivity contribution in [2.75, 3.05) is 7.11 Å². The van der Waals surface area contributed by atoms with E-state index in [1.54, 1.807) is 19.4 Å². The Kier molecular flexibility index (Phi) is 4.73. The van der Waals surface area contributed by atoms with Crippen LogP contribution in [0.2, 0.25) is 0 Å². The largest absolute Gasteiger partial charge is 0.497 e. The highest BCUT2D eigenvalue weighted by Gasteiger charge is 2.07. The number of pyridine rings is 1. The topological polar surface area (TPSA) is 55.1 Å². The summed E-state index contributed by atoms with van der Waals surface area (Å²) in [7, 11) is 1.65. The fourth-order valence-corrected chi connectivity index (χ4v) is 2.31. The van der Waals surface area contributed by atoms with Gasteiger partial charge in [-0.15, -0.1) is 0 Å². The van der Waals surface area contributed by atoms with Crippen molar-refractivity contribution in [2.45, 2.75) is 6.61 Å². The van der Waals surface area contributed by atoms with E-state index in [1.165, 1.54) is 0 Å². The molecule has 4 nitrogen and oxygen atoms in total. The molecular formula is C20H16N2O2. The number of nitrogens with zero attached hydrogens (tertiary/aromatic N) is 2. The van der Waals surface area contributed by atoms with Crippen LogP contribution in [0.5, 0.6) is 11.5 Å². The van der Waals surface area contributed by atoms with Crippen LogP contribution in [-0.2, 0) is 6.61 Å². The molecule has 2 aromatic carbocycles. The first kappa shape index (κ1) is 15.6. The van der Waals surface area contributed by atoms with Gasteiger partial charge in [0.05, 0.1) is 18.4 Å². The van der Waals surface area contributed by atoms with Crippen molar-refractivity contribution in [1.29, 1.82) is 5.26 Å². The second-order valence-electron chi connectivity index (χ2n) is 5.18. The average molecular weight is 316 g/mol. The lowest BCUT2D eigenvalue weighted by molar-refractivity contribution is 0.307. The second kappa shape index (κ2) is 7.30. The standard InChI is InChI=1S/C20H16N2O2/c1-23-17-9-6-15(7-10-17)14-24-20-5-3-2-4-18(20)19-11-8-16(12-21)13-22-19/h2-11,13H,14H2,1H3. The van der Waals surface area contributed by atoms with Gasteiger partial charge in [-0.2, -0.15) is 5.26 Å². The van der Waals surface area contributed by atoms with Crippen molar-refractivity contribution in [1.82, 2.24) is 4.98 Å². The van der Waals surface area contributed by atoms with Crippen LogP contribution in [0.3, 0.4) is 0 Å². The molecule has 1 heterocycles. The minimum atomic E-state index is 0.456. The molecule has 4 heteroatoms. The van der Waals surface area contributed by atoms with E-state index in [9.17, 15) is 0 Å². The first-order valence-electron chi connectivity index (χ1n) is 7.51. The zero-order valence-corrected chi connectivity index (χ0v) is 13.3. The van der Waals surface area contributed by atoms with Gasteiger partial charge >= 0.3 is 0 Å². The average Bonchev–Trinajstić information content (AvgIpc) is 2.67. The molecule has 0 amide bonds. The number of para-hydroxylation sites is 1. The van der Waals surface area contributed by atoms with Gasteiger partial charge in [0.25, 0.3) is 0 Å². The number of benzene rings is 2. The predicted molar refractivity (Wildman–Crippen MR) is 91.7 cm³/mol. The molecule has 3 aromatic rings. The zero-order valence-electron chi connectivity index (χ0n) is 13.3. The van der Waals surface area contributed by atoms with Crippen LogP contribution in [0.15, 0.2) is 66.9 Å². The van der Waals surface area contributed by atoms with Crippen LogP contribution < -0.4 is 9.47 Å². The Morgan fingerprint density at radius 1 is 1.00 bits per heavy atom. The Morgan fingerprint density at radius 3 is 2.46 bits per heavy atom. The number of rotatable bonds is 5. The summed E-state index contributed by atoms with van der Waals surface area (Å²) in [5, 5.41) is 8.88. The quantitative estimate of drug-likeness (QED) is 0.707. The minimum absolute atomic E-state index is 0.456. The molecule has 0 saturated carbocycles. The van der Waals surface area contributed by atoms with Crippen molar-refractivity contribution in [3.05, 3.63) is 78.0 Å². The molecular weight excluding hydrogens is 300 g/mol. The van der Waals surface area contributed by atoms with E-state index < -0.39 is 0 Å². The molecule has 0 fully saturated rings. The Morgan fingerprint density at radius 2 is 1.79 bits per heavy atom. The first-order chi connectivity index (χ1) is 11.8. The molecule has 0 bridgehead atoms. The van der Waals surface area contributed by atoms with Gasteiger partial charge in [0, 0.05) is 11.8 Å². The van der Waals surface area contributed by atoms with E-state index in [0.29, 0.717) is 12.2 Å². The molecule has 0 unspecified atom stereocenters. The first-order valence-corrected chi connectivity index (χ1v) is 7.51. The third-order valence-electron chi connectivity index (χ3n) is 3.61. The molecule has 1 aromatic heterocycles. The maximum atomic E-state index is 8.88. The van der Waals surface area contributed by atoms with Crippen molar-refractivity contribution in [3.8, 4) is 28.8 Å². The molecule has 0 spiro atoms. The normalized spacial score (nSPS) is 10.0. The van der Waals surface area contributed by atoms with Crippen LogP contribution in [0, 0.1) is 11.3 Å². The number of aromatic nitrogens is 1. The second-order valence-corrected chi connectivity index (χ2v) is 5.18. The lowest BCUT2D eigenvalue weighted by Crippen LogP contribution is -1.97. The maximum Gasteiger partial charge on any atom is 0.129 e. The molecule has 3 rings (SSSR count). The van der Waals surface area contributed by atoms with Gasteiger partial charge in [-0.05, 0) is 42.0 Å². The smallest absolute Gasteiger partial charge is 0.129 e. The van der Waals surface area contributed by atoms with Crippen LogP contribution in [-0.4, -0.2) is 12.1 Å². The molecule has 0 saturated heterocycles.